The number of rotatable bonds is 11. The highest BCUT2D eigenvalue weighted by Gasteiger charge is 2.27. The van der Waals surface area contributed by atoms with Crippen LogP contribution in [0, 0.1) is 6.92 Å². The molecule has 1 amide bonds. The summed E-state index contributed by atoms with van der Waals surface area (Å²) in [6.07, 6.45) is 0.515. The molecule has 0 saturated heterocycles. The molecule has 0 spiro atoms. The molecule has 2 heterocycles. The van der Waals surface area contributed by atoms with Gasteiger partial charge < -0.3 is 29.4 Å². The number of carboxylic acid groups (broad SMARTS) is 1. The van der Waals surface area contributed by atoms with Gasteiger partial charge in [0.25, 0.3) is 5.91 Å². The molecule has 44 heavy (non-hydrogen) atoms. The number of nitrogens with one attached hydrogen (secondary N) is 2. The zero-order chi connectivity index (χ0) is 31.6. The maximum absolute atomic E-state index is 13.6. The number of nitrogens with zero attached hydrogens (tertiary/aromatic N) is 2. The average Bonchev–Trinajstić information content (AvgIpc) is 3.61. The van der Waals surface area contributed by atoms with Crippen molar-refractivity contribution >= 4 is 27.6 Å². The van der Waals surface area contributed by atoms with Crippen LogP contribution in [0.4, 0.5) is 5.69 Å². The number of fused-ring (bicyclic) bond motifs is 1. The van der Waals surface area contributed by atoms with Gasteiger partial charge in [0.2, 0.25) is 22.7 Å². The van der Waals surface area contributed by atoms with Gasteiger partial charge in [0.1, 0.15) is 16.4 Å². The quantitative estimate of drug-likeness (QED) is 0.213. The zero-order valence-electron chi connectivity index (χ0n) is 24.3. The first-order valence-electron chi connectivity index (χ1n) is 13.5. The summed E-state index contributed by atoms with van der Waals surface area (Å²) in [5.74, 6) is -0.403. The second kappa shape index (κ2) is 12.3. The number of ether oxygens (including phenoxy) is 4. The lowest BCUT2D eigenvalue weighted by Crippen LogP contribution is -2.32. The second-order valence-corrected chi connectivity index (χ2v) is 11.6. The smallest absolute Gasteiger partial charge is 0.356 e. The Morgan fingerprint density at radius 2 is 1.80 bits per heavy atom. The molecule has 1 atom stereocenters. The number of carbonyl (C=O) groups is 2. The molecule has 14 heteroatoms. The lowest BCUT2D eigenvalue weighted by Gasteiger charge is -2.18. The molecule has 3 aromatic carbocycles. The van der Waals surface area contributed by atoms with Crippen molar-refractivity contribution in [3.8, 4) is 34.6 Å². The Morgan fingerprint density at radius 1 is 1.07 bits per heavy atom. The van der Waals surface area contributed by atoms with Crippen LogP contribution < -0.4 is 29.0 Å². The number of carboxylic acids is 1. The van der Waals surface area contributed by atoms with Gasteiger partial charge in [-0.15, -0.1) is 0 Å². The molecule has 1 aliphatic rings. The summed E-state index contributed by atoms with van der Waals surface area (Å²) in [6.45, 7) is 5.11. The third-order valence-corrected chi connectivity index (χ3v) is 8.50. The van der Waals surface area contributed by atoms with Gasteiger partial charge in [-0.1, -0.05) is 6.92 Å². The van der Waals surface area contributed by atoms with Crippen LogP contribution in [0.3, 0.4) is 0 Å². The van der Waals surface area contributed by atoms with Gasteiger partial charge in [-0.2, -0.15) is 9.78 Å². The highest BCUT2D eigenvalue weighted by atomic mass is 32.2. The van der Waals surface area contributed by atoms with Gasteiger partial charge in [-0.05, 0) is 80.9 Å². The number of hydrogen-bond acceptors (Lipinski definition) is 9. The Balaban J connectivity index is 1.55. The van der Waals surface area contributed by atoms with E-state index in [4.69, 9.17) is 18.9 Å². The molecule has 0 bridgehead atoms. The van der Waals surface area contributed by atoms with Gasteiger partial charge in [-0.25, -0.2) is 17.9 Å². The molecular weight excluding hydrogens is 592 g/mol. The lowest BCUT2D eigenvalue weighted by molar-refractivity contribution is 0.0689. The average molecular weight is 623 g/mol. The number of sulfonamides is 1. The molecule has 230 valence electrons. The van der Waals surface area contributed by atoms with E-state index in [9.17, 15) is 23.1 Å². The monoisotopic (exact) mass is 622 g/mol. The summed E-state index contributed by atoms with van der Waals surface area (Å²) in [5, 5.41) is 16.7. The van der Waals surface area contributed by atoms with E-state index < -0.39 is 27.9 Å². The summed E-state index contributed by atoms with van der Waals surface area (Å²) < 4.78 is 53.1. The van der Waals surface area contributed by atoms with E-state index in [0.717, 1.165) is 0 Å². The molecule has 0 radical (unpaired) electrons. The number of aromatic carboxylic acids is 1. The van der Waals surface area contributed by atoms with Crippen LogP contribution in [-0.2, 0) is 10.0 Å². The molecule has 3 N–H and O–H groups in total. The van der Waals surface area contributed by atoms with Crippen LogP contribution in [-0.4, -0.2) is 55.1 Å². The third kappa shape index (κ3) is 6.16. The van der Waals surface area contributed by atoms with Crippen molar-refractivity contribution in [1.29, 1.82) is 0 Å². The molecular formula is C30H30N4O9S. The van der Waals surface area contributed by atoms with Crippen molar-refractivity contribution in [3.05, 3.63) is 77.5 Å². The molecule has 4 aromatic rings. The topological polar surface area (TPSA) is 167 Å². The normalized spacial score (nSPS) is 12.9. The van der Waals surface area contributed by atoms with Crippen LogP contribution in [0.25, 0.3) is 5.69 Å². The number of methoxy groups -OCH3 is 1. The fraction of sp³-hybridized carbons (Fsp3) is 0.233. The summed E-state index contributed by atoms with van der Waals surface area (Å²) in [4.78, 5) is 24.7. The molecule has 1 aliphatic heterocycles. The van der Waals surface area contributed by atoms with Gasteiger partial charge in [-0.3, -0.25) is 4.79 Å². The molecule has 0 unspecified atom stereocenters. The van der Waals surface area contributed by atoms with E-state index in [1.165, 1.54) is 43.0 Å². The Hall–Kier alpha value is -5.08. The summed E-state index contributed by atoms with van der Waals surface area (Å²) >= 11 is 0. The maximum Gasteiger partial charge on any atom is 0.356 e. The number of carbonyl (C=O) groups excluding carboxylic acids is 1. The number of hydrogen-bond donors (Lipinski definition) is 3. The molecule has 13 nitrogen and oxygen atoms in total. The molecule has 0 fully saturated rings. The first kappa shape index (κ1) is 30.4. The SMILES string of the molecule is CC[C@@H](C)NS(=O)(=O)c1cc(NC(=O)c2ccc3c(c2)OCO3)ccc1Oc1c(C)c(C(=O)O)nn1-c1ccc(OC)cc1. The van der Waals surface area contributed by atoms with Crippen LogP contribution in [0.2, 0.25) is 0 Å². The van der Waals surface area contributed by atoms with Crippen LogP contribution in [0.1, 0.15) is 46.7 Å². The standard InChI is InChI=1S/C30H30N4O9S/c1-5-17(2)33-44(38,39)26-15-20(31-28(35)19-6-12-23-25(14-19)42-16-41-23)7-13-24(26)43-29-18(3)27(30(36)37)32-34(29)21-8-10-22(40-4)11-9-21/h6-15,17,33H,5,16H2,1-4H3,(H,31,35)(H,36,37)/t17-/m1/s1. The highest BCUT2D eigenvalue weighted by molar-refractivity contribution is 7.89. The minimum Gasteiger partial charge on any atom is -0.497 e. The predicted molar refractivity (Wildman–Crippen MR) is 159 cm³/mol. The minimum atomic E-state index is -4.19. The van der Waals surface area contributed by atoms with Gasteiger partial charge in [0, 0.05) is 22.9 Å². The van der Waals surface area contributed by atoms with Crippen molar-refractivity contribution in [3.63, 3.8) is 0 Å². The number of anilines is 1. The summed E-state index contributed by atoms with van der Waals surface area (Å²) in [6, 6.07) is 15.1. The Kier molecular flexibility index (Phi) is 8.47. The van der Waals surface area contributed by atoms with Gasteiger partial charge >= 0.3 is 5.97 Å². The summed E-state index contributed by atoms with van der Waals surface area (Å²) in [7, 11) is -2.67. The van der Waals surface area contributed by atoms with Crippen LogP contribution in [0.15, 0.2) is 65.6 Å². The second-order valence-electron chi connectivity index (χ2n) is 9.91. The van der Waals surface area contributed by atoms with Crippen molar-refractivity contribution in [2.24, 2.45) is 0 Å². The fourth-order valence-corrected chi connectivity index (χ4v) is 5.82. The zero-order valence-corrected chi connectivity index (χ0v) is 25.1. The molecule has 0 saturated carbocycles. The van der Waals surface area contributed by atoms with Crippen LogP contribution >= 0.6 is 0 Å². The number of amides is 1. The van der Waals surface area contributed by atoms with E-state index in [2.05, 4.69) is 15.1 Å². The minimum absolute atomic E-state index is 0.00953. The summed E-state index contributed by atoms with van der Waals surface area (Å²) in [5.41, 5.74) is 0.802. The lowest BCUT2D eigenvalue weighted by atomic mass is 10.2. The van der Waals surface area contributed by atoms with Crippen molar-refractivity contribution in [2.75, 3.05) is 19.2 Å². The largest absolute Gasteiger partial charge is 0.497 e. The third-order valence-electron chi connectivity index (χ3n) is 6.89. The van der Waals surface area contributed by atoms with E-state index in [1.54, 1.807) is 43.3 Å². The Bertz CT molecular complexity index is 1840. The first-order chi connectivity index (χ1) is 21.0. The highest BCUT2D eigenvalue weighted by Crippen LogP contribution is 2.36. The van der Waals surface area contributed by atoms with Crippen LogP contribution in [0.5, 0.6) is 28.9 Å². The fourth-order valence-electron chi connectivity index (χ4n) is 4.34. The van der Waals surface area contributed by atoms with Crippen molar-refractivity contribution < 1.29 is 42.1 Å². The molecule has 1 aromatic heterocycles. The van der Waals surface area contributed by atoms with E-state index >= 15 is 0 Å². The van der Waals surface area contributed by atoms with Crippen molar-refractivity contribution in [2.45, 2.75) is 38.1 Å². The maximum atomic E-state index is 13.6. The first-order valence-corrected chi connectivity index (χ1v) is 15.0. The molecule has 5 rings (SSSR count). The van der Waals surface area contributed by atoms with Gasteiger partial charge in [0.15, 0.2) is 17.2 Å². The predicted octanol–water partition coefficient (Wildman–Crippen LogP) is 4.74. The number of aromatic nitrogens is 2. The van der Waals surface area contributed by atoms with Crippen molar-refractivity contribution in [1.82, 2.24) is 14.5 Å². The van der Waals surface area contributed by atoms with E-state index in [1.807, 2.05) is 6.92 Å². The Morgan fingerprint density at radius 3 is 2.48 bits per heavy atom. The Labute approximate surface area is 253 Å². The number of benzene rings is 3. The van der Waals surface area contributed by atoms with Gasteiger partial charge in [0.05, 0.1) is 12.8 Å². The van der Waals surface area contributed by atoms with E-state index in [0.29, 0.717) is 29.4 Å². The molecule has 0 aliphatic carbocycles. The van der Waals surface area contributed by atoms with E-state index in [-0.39, 0.29) is 45.8 Å².